The van der Waals surface area contributed by atoms with Crippen molar-refractivity contribution < 1.29 is 18.3 Å². The zero-order valence-corrected chi connectivity index (χ0v) is 15.3. The molecule has 2 N–H and O–H groups in total. The number of carbonyl (C=O) groups excluding carboxylic acids is 1. The van der Waals surface area contributed by atoms with E-state index < -0.39 is 9.84 Å². The Morgan fingerprint density at radius 3 is 2.60 bits per heavy atom. The molecule has 0 bridgehead atoms. The minimum absolute atomic E-state index is 0.0830. The van der Waals surface area contributed by atoms with Gasteiger partial charge in [-0.2, -0.15) is 0 Å². The van der Waals surface area contributed by atoms with E-state index in [0.29, 0.717) is 24.6 Å². The number of nitrogens with zero attached hydrogens (tertiary/aromatic N) is 1. The number of aliphatic hydroxyl groups excluding tert-OH is 1. The van der Waals surface area contributed by atoms with Gasteiger partial charge in [-0.05, 0) is 43.4 Å². The van der Waals surface area contributed by atoms with Gasteiger partial charge in [-0.3, -0.25) is 4.79 Å². The van der Waals surface area contributed by atoms with Crippen LogP contribution in [0.4, 0.5) is 5.69 Å². The van der Waals surface area contributed by atoms with E-state index in [4.69, 9.17) is 0 Å². The smallest absolute Gasteiger partial charge is 0.251 e. The summed E-state index contributed by atoms with van der Waals surface area (Å²) in [5, 5.41) is 12.6. The second kappa shape index (κ2) is 7.33. The Morgan fingerprint density at radius 1 is 1.32 bits per heavy atom. The number of aliphatic hydroxyl groups is 1. The van der Waals surface area contributed by atoms with Gasteiger partial charge in [0.05, 0.1) is 17.6 Å². The zero-order valence-electron chi connectivity index (χ0n) is 14.5. The quantitative estimate of drug-likeness (QED) is 0.818. The molecule has 1 atom stereocenters. The van der Waals surface area contributed by atoms with Crippen LogP contribution in [-0.2, 0) is 9.84 Å². The molecule has 1 aliphatic heterocycles. The van der Waals surface area contributed by atoms with Crippen LogP contribution in [0.25, 0.3) is 0 Å². The van der Waals surface area contributed by atoms with Gasteiger partial charge in [0, 0.05) is 30.4 Å². The molecule has 0 spiro atoms. The van der Waals surface area contributed by atoms with Crippen LogP contribution < -0.4 is 10.2 Å². The molecule has 0 unspecified atom stereocenters. The number of benzene rings is 1. The predicted octanol–water partition coefficient (Wildman–Crippen LogP) is 1.20. The van der Waals surface area contributed by atoms with E-state index >= 15 is 0 Å². The molecular formula is C18H26N2O4S. The van der Waals surface area contributed by atoms with Crippen molar-refractivity contribution in [1.29, 1.82) is 0 Å². The lowest BCUT2D eigenvalue weighted by molar-refractivity contribution is 0.0232. The van der Waals surface area contributed by atoms with Crippen molar-refractivity contribution in [2.24, 2.45) is 5.92 Å². The second-order valence-corrected chi connectivity index (χ2v) is 9.37. The molecule has 3 rings (SSSR count). The number of hydrogen-bond acceptors (Lipinski definition) is 5. The Balaban J connectivity index is 1.65. The van der Waals surface area contributed by atoms with Gasteiger partial charge in [-0.15, -0.1) is 0 Å². The number of hydrogen-bond donors (Lipinski definition) is 2. The maximum atomic E-state index is 12.6. The maximum Gasteiger partial charge on any atom is 0.251 e. The van der Waals surface area contributed by atoms with Crippen LogP contribution in [0, 0.1) is 5.92 Å². The third-order valence-electron chi connectivity index (χ3n) is 5.29. The molecule has 7 heteroatoms. The molecule has 138 valence electrons. The van der Waals surface area contributed by atoms with Crippen LogP contribution >= 0.6 is 0 Å². The fourth-order valence-electron chi connectivity index (χ4n) is 3.58. The monoisotopic (exact) mass is 366 g/mol. The number of amides is 1. The SMILES string of the molecule is CC[C@@H](NC(=O)c1cccc(N2CCS(=O)(=O)CC2)c1)C1CC(O)C1. The third kappa shape index (κ3) is 4.33. The van der Waals surface area contributed by atoms with E-state index in [0.717, 1.165) is 24.9 Å². The first-order valence-electron chi connectivity index (χ1n) is 8.92. The summed E-state index contributed by atoms with van der Waals surface area (Å²) >= 11 is 0. The van der Waals surface area contributed by atoms with E-state index in [9.17, 15) is 18.3 Å². The first kappa shape index (κ1) is 18.2. The van der Waals surface area contributed by atoms with Gasteiger partial charge < -0.3 is 15.3 Å². The molecule has 1 saturated heterocycles. The predicted molar refractivity (Wildman–Crippen MR) is 97.6 cm³/mol. The van der Waals surface area contributed by atoms with Crippen molar-refractivity contribution in [2.75, 3.05) is 29.5 Å². The van der Waals surface area contributed by atoms with Crippen molar-refractivity contribution in [3.05, 3.63) is 29.8 Å². The summed E-state index contributed by atoms with van der Waals surface area (Å²) in [5.41, 5.74) is 1.47. The summed E-state index contributed by atoms with van der Waals surface area (Å²) in [6.45, 7) is 2.97. The summed E-state index contributed by atoms with van der Waals surface area (Å²) in [6.07, 6.45) is 2.12. The fourth-order valence-corrected chi connectivity index (χ4v) is 4.78. The largest absolute Gasteiger partial charge is 0.393 e. The molecule has 1 saturated carbocycles. The number of sulfone groups is 1. The highest BCUT2D eigenvalue weighted by molar-refractivity contribution is 7.91. The highest BCUT2D eigenvalue weighted by atomic mass is 32.2. The number of anilines is 1. The van der Waals surface area contributed by atoms with Crippen molar-refractivity contribution >= 4 is 21.4 Å². The number of nitrogens with one attached hydrogen (secondary N) is 1. The summed E-state index contributed by atoms with van der Waals surface area (Å²) < 4.78 is 23.1. The molecule has 2 fully saturated rings. The van der Waals surface area contributed by atoms with E-state index in [-0.39, 0.29) is 29.6 Å². The summed E-state index contributed by atoms with van der Waals surface area (Å²) in [5.74, 6) is 0.551. The Kier molecular flexibility index (Phi) is 5.34. The Bertz CT molecular complexity index is 714. The molecular weight excluding hydrogens is 340 g/mol. The molecule has 1 aliphatic carbocycles. The lowest BCUT2D eigenvalue weighted by Crippen LogP contribution is -2.46. The van der Waals surface area contributed by atoms with Crippen LogP contribution in [0.1, 0.15) is 36.5 Å². The first-order chi connectivity index (χ1) is 11.9. The second-order valence-electron chi connectivity index (χ2n) is 7.06. The summed E-state index contributed by atoms with van der Waals surface area (Å²) in [4.78, 5) is 14.6. The topological polar surface area (TPSA) is 86.7 Å². The number of rotatable bonds is 5. The standard InChI is InChI=1S/C18H26N2O4S/c1-2-17(14-11-16(21)12-14)19-18(22)13-4-3-5-15(10-13)20-6-8-25(23,24)9-7-20/h3-5,10,14,16-17,21H,2,6-9,11-12H2,1H3,(H,19,22)/t14?,16?,17-/m1/s1. The molecule has 1 aromatic rings. The van der Waals surface area contributed by atoms with Crippen LogP contribution in [0.2, 0.25) is 0 Å². The number of carbonyl (C=O) groups is 1. The van der Waals surface area contributed by atoms with Crippen molar-refractivity contribution in [2.45, 2.75) is 38.3 Å². The van der Waals surface area contributed by atoms with Crippen molar-refractivity contribution in [3.63, 3.8) is 0 Å². The van der Waals surface area contributed by atoms with Crippen LogP contribution in [0.15, 0.2) is 24.3 Å². The van der Waals surface area contributed by atoms with Crippen molar-refractivity contribution in [3.8, 4) is 0 Å². The van der Waals surface area contributed by atoms with Gasteiger partial charge in [0.25, 0.3) is 5.91 Å². The Labute approximate surface area is 149 Å². The van der Waals surface area contributed by atoms with E-state index in [2.05, 4.69) is 5.32 Å². The highest BCUT2D eigenvalue weighted by Crippen LogP contribution is 2.31. The van der Waals surface area contributed by atoms with Gasteiger partial charge in [0.1, 0.15) is 0 Å². The summed E-state index contributed by atoms with van der Waals surface area (Å²) in [7, 11) is -2.92. The van der Waals surface area contributed by atoms with E-state index in [1.165, 1.54) is 0 Å². The average Bonchev–Trinajstić information content (AvgIpc) is 2.57. The average molecular weight is 366 g/mol. The van der Waals surface area contributed by atoms with Crippen molar-refractivity contribution in [1.82, 2.24) is 5.32 Å². The Morgan fingerprint density at radius 2 is 2.00 bits per heavy atom. The van der Waals surface area contributed by atoms with Gasteiger partial charge in [0.15, 0.2) is 9.84 Å². The third-order valence-corrected chi connectivity index (χ3v) is 6.90. The molecule has 2 aliphatic rings. The normalized spacial score (nSPS) is 26.6. The van der Waals surface area contributed by atoms with Gasteiger partial charge in [0.2, 0.25) is 0 Å². The molecule has 25 heavy (non-hydrogen) atoms. The maximum absolute atomic E-state index is 12.6. The van der Waals surface area contributed by atoms with E-state index in [1.807, 2.05) is 30.0 Å². The van der Waals surface area contributed by atoms with Gasteiger partial charge in [-0.1, -0.05) is 13.0 Å². The lowest BCUT2D eigenvalue weighted by atomic mass is 9.76. The minimum Gasteiger partial charge on any atom is -0.393 e. The van der Waals surface area contributed by atoms with E-state index in [1.54, 1.807) is 6.07 Å². The minimum atomic E-state index is -2.92. The zero-order chi connectivity index (χ0) is 18.0. The molecule has 0 radical (unpaired) electrons. The Hall–Kier alpha value is -1.60. The van der Waals surface area contributed by atoms with Gasteiger partial charge in [-0.25, -0.2) is 8.42 Å². The molecule has 1 heterocycles. The molecule has 1 amide bonds. The molecule has 1 aromatic carbocycles. The van der Waals surface area contributed by atoms with Crippen LogP contribution in [0.3, 0.4) is 0 Å². The molecule has 6 nitrogen and oxygen atoms in total. The summed E-state index contributed by atoms with van der Waals surface area (Å²) in [6, 6.07) is 7.44. The highest BCUT2D eigenvalue weighted by Gasteiger charge is 2.34. The fraction of sp³-hybridized carbons (Fsp3) is 0.611. The lowest BCUT2D eigenvalue weighted by Gasteiger charge is -2.37. The van der Waals surface area contributed by atoms with Gasteiger partial charge >= 0.3 is 0 Å². The van der Waals surface area contributed by atoms with Crippen LogP contribution in [0.5, 0.6) is 0 Å². The first-order valence-corrected chi connectivity index (χ1v) is 10.7. The van der Waals surface area contributed by atoms with Crippen LogP contribution in [-0.4, -0.2) is 56.2 Å². The molecule has 0 aromatic heterocycles.